The van der Waals surface area contributed by atoms with Crippen molar-refractivity contribution in [1.29, 1.82) is 0 Å². The number of halogens is 2. The summed E-state index contributed by atoms with van der Waals surface area (Å²) in [4.78, 5) is 17.6. The van der Waals surface area contributed by atoms with E-state index in [1.54, 1.807) is 12.1 Å². The zero-order chi connectivity index (χ0) is 20.4. The Morgan fingerprint density at radius 1 is 1.31 bits per heavy atom. The number of benzene rings is 2. The van der Waals surface area contributed by atoms with Gasteiger partial charge in [0.2, 0.25) is 5.55 Å². The van der Waals surface area contributed by atoms with Crippen molar-refractivity contribution in [2.45, 2.75) is 25.9 Å². The summed E-state index contributed by atoms with van der Waals surface area (Å²) in [5, 5.41) is 4.37. The summed E-state index contributed by atoms with van der Waals surface area (Å²) in [6.07, 6.45) is 2.03. The lowest BCUT2D eigenvalue weighted by atomic mass is 10.1. The zero-order valence-corrected chi connectivity index (χ0v) is 18.2. The first-order valence-electron chi connectivity index (χ1n) is 9.44. The Morgan fingerprint density at radius 2 is 2.17 bits per heavy atom. The van der Waals surface area contributed by atoms with E-state index in [0.717, 1.165) is 34.9 Å². The molecule has 0 aliphatic carbocycles. The highest BCUT2D eigenvalue weighted by Crippen LogP contribution is 2.25. The van der Waals surface area contributed by atoms with E-state index in [-0.39, 0.29) is 17.6 Å². The molecule has 4 rings (SSSR count). The maximum Gasteiger partial charge on any atom is 0.256 e. The molecule has 2 heterocycles. The van der Waals surface area contributed by atoms with Gasteiger partial charge >= 0.3 is 0 Å². The number of carbonyl (C=O) groups is 1. The lowest BCUT2D eigenvalue weighted by Crippen LogP contribution is -2.34. The fraction of sp³-hybridized carbons (Fsp3) is 0.273. The number of hydrogen-bond acceptors (Lipinski definition) is 4. The molecule has 1 aliphatic heterocycles. The minimum absolute atomic E-state index is 0.0565. The molecule has 0 bridgehead atoms. The third kappa shape index (κ3) is 4.55. The summed E-state index contributed by atoms with van der Waals surface area (Å²) < 4.78 is 12.5. The van der Waals surface area contributed by atoms with Gasteiger partial charge in [0.1, 0.15) is 11.1 Å². The van der Waals surface area contributed by atoms with Crippen LogP contribution in [0.3, 0.4) is 0 Å². The van der Waals surface area contributed by atoms with Crippen LogP contribution >= 0.6 is 27.5 Å². The van der Waals surface area contributed by atoms with E-state index in [0.29, 0.717) is 28.4 Å². The van der Waals surface area contributed by atoms with E-state index in [4.69, 9.17) is 20.8 Å². The van der Waals surface area contributed by atoms with Crippen LogP contribution in [-0.4, -0.2) is 25.2 Å². The Labute approximate surface area is 181 Å². The monoisotopic (exact) mass is 474 g/mol. The molecule has 1 atom stereocenters. The van der Waals surface area contributed by atoms with Crippen LogP contribution < -0.4 is 10.9 Å². The molecule has 0 unspecified atom stereocenters. The summed E-state index contributed by atoms with van der Waals surface area (Å²) in [5.74, 6) is -0.246. The molecule has 5 nitrogen and oxygen atoms in total. The first kappa shape index (κ1) is 20.1. The smallest absolute Gasteiger partial charge is 0.256 e. The molecule has 150 valence electrons. The Kier molecular flexibility index (Phi) is 6.04. The van der Waals surface area contributed by atoms with Gasteiger partial charge in [-0.1, -0.05) is 33.6 Å². The molecular formula is C22H20BrClN2O3. The molecule has 0 spiro atoms. The van der Waals surface area contributed by atoms with E-state index >= 15 is 0 Å². The topological polar surface area (TPSA) is 63.8 Å². The van der Waals surface area contributed by atoms with Crippen molar-refractivity contribution < 1.29 is 13.9 Å². The molecule has 7 heteroatoms. The van der Waals surface area contributed by atoms with Crippen molar-refractivity contribution in [3.05, 3.63) is 68.6 Å². The molecule has 29 heavy (non-hydrogen) atoms. The van der Waals surface area contributed by atoms with E-state index in [2.05, 4.69) is 26.2 Å². The van der Waals surface area contributed by atoms with Crippen LogP contribution in [0.1, 0.15) is 28.8 Å². The predicted octanol–water partition coefficient (Wildman–Crippen LogP) is 5.30. The lowest BCUT2D eigenvalue weighted by Gasteiger charge is -2.11. The van der Waals surface area contributed by atoms with Gasteiger partial charge in [0.15, 0.2) is 0 Å². The molecule has 0 radical (unpaired) electrons. The third-order valence-corrected chi connectivity index (χ3v) is 5.83. The van der Waals surface area contributed by atoms with Crippen LogP contribution in [0.15, 0.2) is 56.3 Å². The minimum Gasteiger partial charge on any atom is -0.438 e. The number of ether oxygens (including phenoxy) is 1. The highest BCUT2D eigenvalue weighted by Gasteiger charge is 2.19. The van der Waals surface area contributed by atoms with Crippen molar-refractivity contribution in [1.82, 2.24) is 5.32 Å². The standard InChI is InChI=1S/C22H20BrClN2O3/c1-13-18(24)5-2-6-19(13)26-22-17(21(27)25-12-16-4-3-9-28-16)11-14-10-15(23)7-8-20(14)29-22/h2,5-8,10-11,16H,3-4,9,12H2,1H3,(H,25,27)/t16-/m1/s1. The zero-order valence-electron chi connectivity index (χ0n) is 15.9. The Bertz CT molecular complexity index is 1140. The van der Waals surface area contributed by atoms with Crippen molar-refractivity contribution >= 4 is 50.1 Å². The van der Waals surface area contributed by atoms with E-state index < -0.39 is 0 Å². The van der Waals surface area contributed by atoms with Gasteiger partial charge in [-0.05, 0) is 61.7 Å². The van der Waals surface area contributed by atoms with Crippen molar-refractivity contribution in [2.24, 2.45) is 4.99 Å². The average molecular weight is 476 g/mol. The maximum absolute atomic E-state index is 13.0. The molecule has 1 aliphatic rings. The normalized spacial score (nSPS) is 17.1. The van der Waals surface area contributed by atoms with E-state index in [9.17, 15) is 4.79 Å². The summed E-state index contributed by atoms with van der Waals surface area (Å²) in [5.41, 5.74) is 2.74. The second-order valence-corrected chi connectivity index (χ2v) is 8.31. The lowest BCUT2D eigenvalue weighted by molar-refractivity contribution is 0.0854. The molecule has 0 saturated carbocycles. The van der Waals surface area contributed by atoms with E-state index in [1.807, 2.05) is 37.3 Å². The number of carbonyl (C=O) groups excluding carboxylic acids is 1. The fourth-order valence-corrected chi connectivity index (χ4v) is 3.83. The van der Waals surface area contributed by atoms with Crippen LogP contribution in [0.5, 0.6) is 0 Å². The van der Waals surface area contributed by atoms with Crippen LogP contribution in [0.25, 0.3) is 11.0 Å². The second-order valence-electron chi connectivity index (χ2n) is 6.99. The van der Waals surface area contributed by atoms with Crippen molar-refractivity contribution in [3.8, 4) is 0 Å². The Morgan fingerprint density at radius 3 is 2.97 bits per heavy atom. The van der Waals surface area contributed by atoms with Gasteiger partial charge < -0.3 is 14.5 Å². The number of fused-ring (bicyclic) bond motifs is 1. The highest BCUT2D eigenvalue weighted by molar-refractivity contribution is 9.10. The summed E-state index contributed by atoms with van der Waals surface area (Å²) in [6.45, 7) is 3.09. The van der Waals surface area contributed by atoms with Gasteiger partial charge in [0, 0.05) is 28.0 Å². The Balaban J connectivity index is 1.79. The fourth-order valence-electron chi connectivity index (χ4n) is 3.28. The quantitative estimate of drug-likeness (QED) is 0.557. The molecule has 1 N–H and O–H groups in total. The van der Waals surface area contributed by atoms with Crippen molar-refractivity contribution in [2.75, 3.05) is 13.2 Å². The number of amides is 1. The van der Waals surface area contributed by atoms with Crippen LogP contribution in [0.2, 0.25) is 5.02 Å². The van der Waals surface area contributed by atoms with Gasteiger partial charge in [-0.15, -0.1) is 0 Å². The van der Waals surface area contributed by atoms with E-state index in [1.165, 1.54) is 0 Å². The predicted molar refractivity (Wildman–Crippen MR) is 117 cm³/mol. The van der Waals surface area contributed by atoms with Crippen LogP contribution in [0, 0.1) is 6.92 Å². The first-order valence-corrected chi connectivity index (χ1v) is 10.6. The molecule has 3 aromatic rings. The maximum atomic E-state index is 13.0. The number of nitrogens with zero attached hydrogens (tertiary/aromatic N) is 1. The molecule has 1 saturated heterocycles. The molecule has 1 aromatic heterocycles. The van der Waals surface area contributed by atoms with Crippen LogP contribution in [-0.2, 0) is 4.74 Å². The van der Waals surface area contributed by atoms with Gasteiger partial charge in [-0.3, -0.25) is 4.79 Å². The third-order valence-electron chi connectivity index (χ3n) is 4.93. The molecule has 1 fully saturated rings. The summed E-state index contributed by atoms with van der Waals surface area (Å²) in [6, 6.07) is 12.9. The minimum atomic E-state index is -0.246. The molecule has 1 amide bonds. The molecular weight excluding hydrogens is 456 g/mol. The van der Waals surface area contributed by atoms with Crippen LogP contribution in [0.4, 0.5) is 5.69 Å². The number of rotatable bonds is 4. The van der Waals surface area contributed by atoms with Gasteiger partial charge in [-0.25, -0.2) is 4.99 Å². The largest absolute Gasteiger partial charge is 0.438 e. The summed E-state index contributed by atoms with van der Waals surface area (Å²) >= 11 is 9.69. The molecule has 2 aromatic carbocycles. The number of nitrogens with one attached hydrogen (secondary N) is 1. The second kappa shape index (κ2) is 8.69. The summed E-state index contributed by atoms with van der Waals surface area (Å²) in [7, 11) is 0. The van der Waals surface area contributed by atoms with Gasteiger partial charge in [-0.2, -0.15) is 0 Å². The highest BCUT2D eigenvalue weighted by atomic mass is 79.9. The first-order chi connectivity index (χ1) is 14.0. The van der Waals surface area contributed by atoms with Crippen molar-refractivity contribution in [3.63, 3.8) is 0 Å². The Hall–Kier alpha value is -2.15. The number of hydrogen-bond donors (Lipinski definition) is 1. The van der Waals surface area contributed by atoms with Gasteiger partial charge in [0.05, 0.1) is 11.8 Å². The SMILES string of the molecule is Cc1c(Cl)cccc1N=c1oc2ccc(Br)cc2cc1C(=O)NC[C@H]1CCCO1. The van der Waals surface area contributed by atoms with Gasteiger partial charge in [0.25, 0.3) is 5.91 Å². The average Bonchev–Trinajstić information content (AvgIpc) is 3.23.